The van der Waals surface area contributed by atoms with Crippen molar-refractivity contribution in [2.45, 2.75) is 18.2 Å². The van der Waals surface area contributed by atoms with Gasteiger partial charge in [-0.2, -0.15) is 0 Å². The van der Waals surface area contributed by atoms with E-state index in [1.165, 1.54) is 13.1 Å². The molecule has 7 heteroatoms. The number of hydrogen-bond donors (Lipinski definition) is 2. The maximum atomic E-state index is 12.1. The lowest BCUT2D eigenvalue weighted by Gasteiger charge is -2.10. The number of benzene rings is 2. The first-order valence-corrected chi connectivity index (χ1v) is 8.76. The van der Waals surface area contributed by atoms with Crippen molar-refractivity contribution < 1.29 is 13.2 Å². The monoisotopic (exact) mass is 352 g/mol. The molecule has 2 N–H and O–H groups in total. The van der Waals surface area contributed by atoms with Crippen LogP contribution in [0.3, 0.4) is 0 Å². The van der Waals surface area contributed by atoms with Crippen LogP contribution in [0.4, 0.5) is 5.69 Å². The second-order valence-electron chi connectivity index (χ2n) is 5.04. The molecule has 0 bridgehead atoms. The zero-order chi connectivity index (χ0) is 17.0. The Morgan fingerprint density at radius 2 is 1.78 bits per heavy atom. The first-order chi connectivity index (χ1) is 10.8. The molecule has 0 saturated heterocycles. The molecular weight excluding hydrogens is 336 g/mol. The molecule has 0 unspecified atom stereocenters. The van der Waals surface area contributed by atoms with E-state index in [-0.39, 0.29) is 17.2 Å². The van der Waals surface area contributed by atoms with Gasteiger partial charge in [0, 0.05) is 10.7 Å². The molecule has 2 aromatic carbocycles. The third-order valence-electron chi connectivity index (χ3n) is 3.31. The third kappa shape index (κ3) is 4.54. The molecule has 0 aliphatic rings. The van der Waals surface area contributed by atoms with Crippen LogP contribution in [-0.4, -0.2) is 21.4 Å². The number of hydrogen-bond acceptors (Lipinski definition) is 3. The number of rotatable bonds is 5. The standard InChI is InChI=1S/C16H17ClN2O3S/c1-11-3-8-14(10-15(11)23(21,22)18-2)19-16(20)9-12-4-6-13(17)7-5-12/h3-8,10,18H,9H2,1-2H3,(H,19,20). The Morgan fingerprint density at radius 1 is 1.13 bits per heavy atom. The molecule has 1 amide bonds. The van der Waals surface area contributed by atoms with E-state index in [0.717, 1.165) is 5.56 Å². The van der Waals surface area contributed by atoms with Crippen LogP contribution in [0.5, 0.6) is 0 Å². The predicted octanol–water partition coefficient (Wildman–Crippen LogP) is 2.74. The Morgan fingerprint density at radius 3 is 2.39 bits per heavy atom. The second kappa shape index (κ2) is 7.12. The maximum Gasteiger partial charge on any atom is 0.240 e. The molecule has 0 aliphatic heterocycles. The fraction of sp³-hybridized carbons (Fsp3) is 0.188. The van der Waals surface area contributed by atoms with Gasteiger partial charge in [0.05, 0.1) is 11.3 Å². The molecule has 122 valence electrons. The molecule has 0 heterocycles. The summed E-state index contributed by atoms with van der Waals surface area (Å²) in [6.45, 7) is 1.70. The Balaban J connectivity index is 2.15. The van der Waals surface area contributed by atoms with Gasteiger partial charge in [-0.25, -0.2) is 13.1 Å². The van der Waals surface area contributed by atoms with Gasteiger partial charge in [0.15, 0.2) is 0 Å². The topological polar surface area (TPSA) is 75.3 Å². The van der Waals surface area contributed by atoms with Gasteiger partial charge < -0.3 is 5.32 Å². The molecule has 0 spiro atoms. The van der Waals surface area contributed by atoms with Crippen LogP contribution in [0.1, 0.15) is 11.1 Å². The van der Waals surface area contributed by atoms with Crippen LogP contribution in [0, 0.1) is 6.92 Å². The van der Waals surface area contributed by atoms with Crippen molar-refractivity contribution in [1.82, 2.24) is 4.72 Å². The summed E-state index contributed by atoms with van der Waals surface area (Å²) in [7, 11) is -2.22. The fourth-order valence-corrected chi connectivity index (χ4v) is 3.19. The van der Waals surface area contributed by atoms with Crippen LogP contribution < -0.4 is 10.0 Å². The molecule has 23 heavy (non-hydrogen) atoms. The Kier molecular flexibility index (Phi) is 5.41. The van der Waals surface area contributed by atoms with E-state index in [1.54, 1.807) is 43.3 Å². The van der Waals surface area contributed by atoms with E-state index < -0.39 is 10.0 Å². The number of anilines is 1. The average Bonchev–Trinajstić information content (AvgIpc) is 2.51. The minimum absolute atomic E-state index is 0.143. The number of nitrogens with one attached hydrogen (secondary N) is 2. The highest BCUT2D eigenvalue weighted by atomic mass is 35.5. The minimum atomic E-state index is -3.57. The molecule has 0 aliphatic carbocycles. The Hall–Kier alpha value is -1.89. The SMILES string of the molecule is CNS(=O)(=O)c1cc(NC(=O)Cc2ccc(Cl)cc2)ccc1C. The Labute approximate surface area is 140 Å². The summed E-state index contributed by atoms with van der Waals surface area (Å²) in [4.78, 5) is 12.2. The summed E-state index contributed by atoms with van der Waals surface area (Å²) in [5.41, 5.74) is 1.86. The van der Waals surface area contributed by atoms with Crippen molar-refractivity contribution in [2.24, 2.45) is 0 Å². The Bertz CT molecular complexity index is 818. The van der Waals surface area contributed by atoms with Gasteiger partial charge in [-0.15, -0.1) is 0 Å². The first kappa shape index (κ1) is 17.5. The zero-order valence-electron chi connectivity index (χ0n) is 12.8. The average molecular weight is 353 g/mol. The predicted molar refractivity (Wildman–Crippen MR) is 91.2 cm³/mol. The van der Waals surface area contributed by atoms with Gasteiger partial charge in [-0.1, -0.05) is 29.8 Å². The summed E-state index contributed by atoms with van der Waals surface area (Å²) in [6.07, 6.45) is 0.180. The van der Waals surface area contributed by atoms with E-state index in [9.17, 15) is 13.2 Å². The molecular formula is C16H17ClN2O3S. The zero-order valence-corrected chi connectivity index (χ0v) is 14.3. The minimum Gasteiger partial charge on any atom is -0.326 e. The molecule has 5 nitrogen and oxygen atoms in total. The molecule has 2 rings (SSSR count). The number of aryl methyl sites for hydroxylation is 1. The lowest BCUT2D eigenvalue weighted by atomic mass is 10.1. The molecule has 0 radical (unpaired) electrons. The second-order valence-corrected chi connectivity index (χ2v) is 7.33. The number of carbonyl (C=O) groups excluding carboxylic acids is 1. The van der Waals surface area contributed by atoms with E-state index in [4.69, 9.17) is 11.6 Å². The van der Waals surface area contributed by atoms with Crippen LogP contribution in [-0.2, 0) is 21.2 Å². The summed E-state index contributed by atoms with van der Waals surface area (Å²) in [6, 6.07) is 11.7. The lowest BCUT2D eigenvalue weighted by molar-refractivity contribution is -0.115. The smallest absolute Gasteiger partial charge is 0.240 e. The largest absolute Gasteiger partial charge is 0.326 e. The van der Waals surface area contributed by atoms with Crippen LogP contribution in [0.2, 0.25) is 5.02 Å². The summed E-state index contributed by atoms with van der Waals surface area (Å²) in [5.74, 6) is -0.232. The summed E-state index contributed by atoms with van der Waals surface area (Å²) < 4.78 is 26.2. The van der Waals surface area contributed by atoms with Crippen molar-refractivity contribution in [3.05, 3.63) is 58.6 Å². The van der Waals surface area contributed by atoms with Gasteiger partial charge in [-0.3, -0.25) is 4.79 Å². The number of halogens is 1. The summed E-state index contributed by atoms with van der Waals surface area (Å²) >= 11 is 5.80. The van der Waals surface area contributed by atoms with E-state index in [1.807, 2.05) is 0 Å². The van der Waals surface area contributed by atoms with Crippen molar-refractivity contribution in [1.29, 1.82) is 0 Å². The first-order valence-electron chi connectivity index (χ1n) is 6.90. The van der Waals surface area contributed by atoms with Crippen molar-refractivity contribution >= 4 is 33.2 Å². The molecule has 2 aromatic rings. The molecule has 0 saturated carbocycles. The summed E-state index contributed by atoms with van der Waals surface area (Å²) in [5, 5.41) is 3.31. The van der Waals surface area contributed by atoms with E-state index in [0.29, 0.717) is 16.3 Å². The van der Waals surface area contributed by atoms with Crippen molar-refractivity contribution in [3.63, 3.8) is 0 Å². The van der Waals surface area contributed by atoms with Gasteiger partial charge in [0.25, 0.3) is 0 Å². The normalized spacial score (nSPS) is 11.3. The fourth-order valence-electron chi connectivity index (χ4n) is 2.07. The maximum absolute atomic E-state index is 12.1. The highest BCUT2D eigenvalue weighted by Crippen LogP contribution is 2.20. The van der Waals surface area contributed by atoms with Crippen molar-refractivity contribution in [2.75, 3.05) is 12.4 Å². The molecule has 0 fully saturated rings. The number of amides is 1. The van der Waals surface area contributed by atoms with E-state index in [2.05, 4.69) is 10.0 Å². The van der Waals surface area contributed by atoms with Crippen LogP contribution >= 0.6 is 11.6 Å². The molecule has 0 atom stereocenters. The van der Waals surface area contributed by atoms with Gasteiger partial charge >= 0.3 is 0 Å². The third-order valence-corrected chi connectivity index (χ3v) is 5.12. The van der Waals surface area contributed by atoms with Crippen molar-refractivity contribution in [3.8, 4) is 0 Å². The number of sulfonamides is 1. The van der Waals surface area contributed by atoms with Crippen LogP contribution in [0.15, 0.2) is 47.4 Å². The van der Waals surface area contributed by atoms with Gasteiger partial charge in [0.2, 0.25) is 15.9 Å². The lowest BCUT2D eigenvalue weighted by Crippen LogP contribution is -2.20. The highest BCUT2D eigenvalue weighted by Gasteiger charge is 2.15. The quantitative estimate of drug-likeness (QED) is 0.868. The van der Waals surface area contributed by atoms with Crippen LogP contribution in [0.25, 0.3) is 0 Å². The van der Waals surface area contributed by atoms with E-state index >= 15 is 0 Å². The number of carbonyl (C=O) groups is 1. The van der Waals surface area contributed by atoms with Gasteiger partial charge in [0.1, 0.15) is 0 Å². The van der Waals surface area contributed by atoms with Gasteiger partial charge in [-0.05, 0) is 49.4 Å². The molecule has 0 aromatic heterocycles. The highest BCUT2D eigenvalue weighted by molar-refractivity contribution is 7.89.